The average molecular weight is 473 g/mol. The second-order valence-electron chi connectivity index (χ2n) is 8.21. The lowest BCUT2D eigenvalue weighted by atomic mass is 9.98. The van der Waals surface area contributed by atoms with Gasteiger partial charge in [0, 0.05) is 24.2 Å². The Balaban J connectivity index is 0.00000241. The van der Waals surface area contributed by atoms with E-state index in [1.165, 1.54) is 0 Å². The Labute approximate surface area is 203 Å². The van der Waals surface area contributed by atoms with Gasteiger partial charge in [0.25, 0.3) is 0 Å². The van der Waals surface area contributed by atoms with Gasteiger partial charge >= 0.3 is 0 Å². The van der Waals surface area contributed by atoms with E-state index in [1.54, 1.807) is 10.7 Å². The average Bonchev–Trinajstić information content (AvgIpc) is 3.52. The van der Waals surface area contributed by atoms with Crippen molar-refractivity contribution in [2.75, 3.05) is 18.4 Å². The first kappa shape index (κ1) is 22.1. The standard InChI is InChI=1S/C25H24N8.ClH/c1-2-6-18(7-3-1)21-8-4-5-9-22(21)23-24-30-25(31-32(24)15-14-27-23)29-19-16-28-33(17-19)20-10-12-26-13-11-20;/h1-9,14-17,20,26H,10-13H2,(H,29,31);1H. The maximum atomic E-state index is 4.77. The summed E-state index contributed by atoms with van der Waals surface area (Å²) in [6.07, 6.45) is 9.62. The number of hydrogen-bond acceptors (Lipinski definition) is 6. The van der Waals surface area contributed by atoms with Crippen LogP contribution in [0.2, 0.25) is 0 Å². The summed E-state index contributed by atoms with van der Waals surface area (Å²) in [7, 11) is 0. The number of rotatable bonds is 5. The van der Waals surface area contributed by atoms with Gasteiger partial charge in [-0.2, -0.15) is 10.1 Å². The van der Waals surface area contributed by atoms with E-state index in [1.807, 2.05) is 53.6 Å². The van der Waals surface area contributed by atoms with Crippen molar-refractivity contribution in [1.29, 1.82) is 0 Å². The monoisotopic (exact) mass is 472 g/mol. The van der Waals surface area contributed by atoms with Crippen LogP contribution in [0.4, 0.5) is 11.6 Å². The van der Waals surface area contributed by atoms with E-state index in [4.69, 9.17) is 4.98 Å². The lowest BCUT2D eigenvalue weighted by Crippen LogP contribution is -2.29. The number of nitrogens with one attached hydrogen (secondary N) is 2. The first-order valence-electron chi connectivity index (χ1n) is 11.2. The van der Waals surface area contributed by atoms with Crippen LogP contribution < -0.4 is 10.6 Å². The van der Waals surface area contributed by atoms with Crippen molar-refractivity contribution in [2.24, 2.45) is 0 Å². The molecule has 3 aromatic heterocycles. The van der Waals surface area contributed by atoms with Gasteiger partial charge in [-0.1, -0.05) is 54.6 Å². The highest BCUT2D eigenvalue weighted by Crippen LogP contribution is 2.32. The molecule has 5 aromatic rings. The summed E-state index contributed by atoms with van der Waals surface area (Å²) >= 11 is 0. The zero-order valence-corrected chi connectivity index (χ0v) is 19.3. The Morgan fingerprint density at radius 2 is 1.71 bits per heavy atom. The molecule has 8 nitrogen and oxygen atoms in total. The lowest BCUT2D eigenvalue weighted by molar-refractivity contribution is 0.343. The maximum Gasteiger partial charge on any atom is 0.247 e. The molecule has 0 saturated carbocycles. The zero-order chi connectivity index (χ0) is 22.0. The Hall–Kier alpha value is -3.75. The predicted molar refractivity (Wildman–Crippen MR) is 136 cm³/mol. The van der Waals surface area contributed by atoms with E-state index in [0.29, 0.717) is 17.6 Å². The number of piperidine rings is 1. The molecule has 1 fully saturated rings. The second-order valence-corrected chi connectivity index (χ2v) is 8.21. The summed E-state index contributed by atoms with van der Waals surface area (Å²) in [6.45, 7) is 2.06. The topological polar surface area (TPSA) is 85.0 Å². The van der Waals surface area contributed by atoms with E-state index >= 15 is 0 Å². The highest BCUT2D eigenvalue weighted by Gasteiger charge is 2.17. The van der Waals surface area contributed by atoms with Gasteiger partial charge in [0.1, 0.15) is 5.69 Å². The fourth-order valence-corrected chi connectivity index (χ4v) is 4.42. The maximum absolute atomic E-state index is 4.77. The molecule has 2 N–H and O–H groups in total. The van der Waals surface area contributed by atoms with Crippen LogP contribution >= 0.6 is 12.4 Å². The van der Waals surface area contributed by atoms with Crippen molar-refractivity contribution in [1.82, 2.24) is 34.7 Å². The predicted octanol–water partition coefficient (Wildman–Crippen LogP) is 4.74. The molecule has 0 radical (unpaired) electrons. The lowest BCUT2D eigenvalue weighted by Gasteiger charge is -2.22. The van der Waals surface area contributed by atoms with Crippen LogP contribution in [0.1, 0.15) is 18.9 Å². The summed E-state index contributed by atoms with van der Waals surface area (Å²) in [4.78, 5) is 9.45. The Kier molecular flexibility index (Phi) is 6.24. The first-order chi connectivity index (χ1) is 16.3. The fourth-order valence-electron chi connectivity index (χ4n) is 4.42. The van der Waals surface area contributed by atoms with Gasteiger partial charge in [-0.05, 0) is 37.1 Å². The highest BCUT2D eigenvalue weighted by molar-refractivity contribution is 5.87. The Morgan fingerprint density at radius 3 is 2.53 bits per heavy atom. The number of fused-ring (bicyclic) bond motifs is 1. The quantitative estimate of drug-likeness (QED) is 0.384. The molecule has 34 heavy (non-hydrogen) atoms. The van der Waals surface area contributed by atoms with Crippen LogP contribution in [0.25, 0.3) is 28.0 Å². The molecule has 0 amide bonds. The number of hydrogen-bond donors (Lipinski definition) is 2. The molecule has 4 heterocycles. The van der Waals surface area contributed by atoms with E-state index in [9.17, 15) is 0 Å². The van der Waals surface area contributed by atoms with E-state index < -0.39 is 0 Å². The van der Waals surface area contributed by atoms with Crippen molar-refractivity contribution in [3.63, 3.8) is 0 Å². The molecule has 0 unspecified atom stereocenters. The minimum Gasteiger partial charge on any atom is -0.320 e. The Morgan fingerprint density at radius 1 is 0.941 bits per heavy atom. The zero-order valence-electron chi connectivity index (χ0n) is 18.5. The van der Waals surface area contributed by atoms with Crippen LogP contribution in [-0.4, -0.2) is 42.5 Å². The van der Waals surface area contributed by atoms with E-state index in [2.05, 4.69) is 50.1 Å². The summed E-state index contributed by atoms with van der Waals surface area (Å²) in [6, 6.07) is 19.0. The van der Waals surface area contributed by atoms with Crippen molar-refractivity contribution >= 4 is 29.7 Å². The van der Waals surface area contributed by atoms with Crippen molar-refractivity contribution in [3.8, 4) is 22.4 Å². The normalized spacial score (nSPS) is 14.1. The molecule has 0 bridgehead atoms. The van der Waals surface area contributed by atoms with Gasteiger partial charge < -0.3 is 10.6 Å². The van der Waals surface area contributed by atoms with Crippen LogP contribution in [0.3, 0.4) is 0 Å². The van der Waals surface area contributed by atoms with Gasteiger partial charge in [-0.15, -0.1) is 17.5 Å². The third-order valence-corrected chi connectivity index (χ3v) is 6.06. The third kappa shape index (κ3) is 4.25. The molecular weight excluding hydrogens is 448 g/mol. The number of nitrogens with zero attached hydrogens (tertiary/aromatic N) is 6. The molecule has 0 spiro atoms. The molecule has 1 aliphatic heterocycles. The largest absolute Gasteiger partial charge is 0.320 e. The van der Waals surface area contributed by atoms with Crippen molar-refractivity contribution in [2.45, 2.75) is 18.9 Å². The molecule has 0 atom stereocenters. The first-order valence-corrected chi connectivity index (χ1v) is 11.2. The molecule has 1 aliphatic rings. The van der Waals surface area contributed by atoms with Gasteiger partial charge in [0.2, 0.25) is 5.95 Å². The minimum absolute atomic E-state index is 0. The summed E-state index contributed by atoms with van der Waals surface area (Å²) in [5.74, 6) is 0.520. The molecule has 0 aliphatic carbocycles. The smallest absolute Gasteiger partial charge is 0.247 e. The number of aromatic nitrogens is 6. The molecule has 172 valence electrons. The third-order valence-electron chi connectivity index (χ3n) is 6.06. The Bertz CT molecular complexity index is 1390. The van der Waals surface area contributed by atoms with Crippen LogP contribution in [0.15, 0.2) is 79.4 Å². The second kappa shape index (κ2) is 9.62. The molecule has 2 aromatic carbocycles. The van der Waals surface area contributed by atoms with E-state index in [-0.39, 0.29) is 12.4 Å². The fraction of sp³-hybridized carbons (Fsp3) is 0.200. The van der Waals surface area contributed by atoms with Crippen molar-refractivity contribution in [3.05, 3.63) is 79.4 Å². The number of benzene rings is 2. The van der Waals surface area contributed by atoms with Crippen LogP contribution in [-0.2, 0) is 0 Å². The highest BCUT2D eigenvalue weighted by atomic mass is 35.5. The molecule has 9 heteroatoms. The summed E-state index contributed by atoms with van der Waals surface area (Å²) < 4.78 is 3.81. The van der Waals surface area contributed by atoms with Gasteiger partial charge in [0.05, 0.1) is 17.9 Å². The number of halogens is 1. The number of anilines is 2. The molecular formula is C25H25ClN8. The molecule has 1 saturated heterocycles. The van der Waals surface area contributed by atoms with Crippen LogP contribution in [0, 0.1) is 0 Å². The summed E-state index contributed by atoms with van der Waals surface area (Å²) in [5.41, 5.74) is 5.65. The van der Waals surface area contributed by atoms with Crippen LogP contribution in [0.5, 0.6) is 0 Å². The van der Waals surface area contributed by atoms with Crippen molar-refractivity contribution < 1.29 is 0 Å². The van der Waals surface area contributed by atoms with Gasteiger partial charge in [-0.3, -0.25) is 9.67 Å². The SMILES string of the molecule is Cl.c1ccc(-c2ccccc2-c2nccn3nc(Nc4cnn(C5CCNCC5)c4)nc23)cc1. The van der Waals surface area contributed by atoms with E-state index in [0.717, 1.165) is 54.0 Å². The van der Waals surface area contributed by atoms with Gasteiger partial charge in [-0.25, -0.2) is 4.52 Å². The molecule has 6 rings (SSSR count). The summed E-state index contributed by atoms with van der Waals surface area (Å²) in [5, 5.41) is 15.9. The minimum atomic E-state index is 0. The van der Waals surface area contributed by atoms with Gasteiger partial charge in [0.15, 0.2) is 5.65 Å².